The number of ether oxygens (including phenoxy) is 3. The van der Waals surface area contributed by atoms with Crippen molar-refractivity contribution in [3.8, 4) is 23.0 Å². The molecule has 6 rings (SSSR count). The Morgan fingerprint density at radius 2 is 1.60 bits per heavy atom. The lowest BCUT2D eigenvalue weighted by Gasteiger charge is -2.25. The highest BCUT2D eigenvalue weighted by Crippen LogP contribution is 2.35. The number of aryl methyl sites for hydroxylation is 1. The number of hydrogen-bond acceptors (Lipinski definition) is 9. The average Bonchev–Trinajstić information content (AvgIpc) is 4.02. The first kappa shape index (κ1) is 39.1. The Labute approximate surface area is 310 Å². The fourth-order valence-corrected chi connectivity index (χ4v) is 7.72. The van der Waals surface area contributed by atoms with E-state index in [1.165, 1.54) is 25.4 Å². The van der Waals surface area contributed by atoms with Crippen LogP contribution in [-0.4, -0.2) is 87.5 Å². The average molecular weight is 750 g/mol. The minimum absolute atomic E-state index is 0.0584. The number of hydrogen-bond donors (Lipinski definition) is 4. The number of nitrogens with zero attached hydrogens (tertiary/aromatic N) is 1. The van der Waals surface area contributed by atoms with Crippen LogP contribution in [0.4, 0.5) is 0 Å². The van der Waals surface area contributed by atoms with Gasteiger partial charge in [-0.25, -0.2) is 8.42 Å². The lowest BCUT2D eigenvalue weighted by Crippen LogP contribution is -2.54. The monoisotopic (exact) mass is 749 g/mol. The van der Waals surface area contributed by atoms with Gasteiger partial charge in [0.2, 0.25) is 27.7 Å². The fourth-order valence-electron chi connectivity index (χ4n) is 5.89. The van der Waals surface area contributed by atoms with Crippen LogP contribution in [0.3, 0.4) is 0 Å². The molecular weight excluding hydrogens is 703 g/mol. The maximum absolute atomic E-state index is 13.6. The van der Waals surface area contributed by atoms with Gasteiger partial charge in [-0.15, -0.1) is 0 Å². The van der Waals surface area contributed by atoms with Crippen molar-refractivity contribution < 1.29 is 41.8 Å². The third kappa shape index (κ3) is 10.7. The van der Waals surface area contributed by atoms with Crippen molar-refractivity contribution in [1.82, 2.24) is 25.6 Å². The number of carbonyl (C=O) groups excluding carboxylic acids is 4. The van der Waals surface area contributed by atoms with Gasteiger partial charge in [-0.2, -0.15) is 4.31 Å². The summed E-state index contributed by atoms with van der Waals surface area (Å²) >= 11 is 0. The summed E-state index contributed by atoms with van der Waals surface area (Å²) in [6, 6.07) is 17.3. The molecule has 3 aromatic carbocycles. The van der Waals surface area contributed by atoms with Crippen LogP contribution in [0, 0.1) is 0 Å². The Morgan fingerprint density at radius 3 is 2.32 bits per heavy atom. The van der Waals surface area contributed by atoms with Crippen molar-refractivity contribution in [3.63, 3.8) is 0 Å². The summed E-state index contributed by atoms with van der Waals surface area (Å²) < 4.78 is 45.0. The number of rotatable bonds is 7. The Kier molecular flexibility index (Phi) is 13.3. The van der Waals surface area contributed by atoms with Gasteiger partial charge < -0.3 is 35.5 Å². The number of fused-ring (bicyclic) bond motifs is 18. The molecule has 14 nitrogen and oxygen atoms in total. The molecule has 0 saturated heterocycles. The van der Waals surface area contributed by atoms with Gasteiger partial charge in [0.05, 0.1) is 26.0 Å². The predicted octanol–water partition coefficient (Wildman–Crippen LogP) is 3.05. The Balaban J connectivity index is 1.39. The summed E-state index contributed by atoms with van der Waals surface area (Å²) in [5, 5.41) is 10.6. The number of carbonyl (C=O) groups is 4. The van der Waals surface area contributed by atoms with E-state index < -0.39 is 51.6 Å². The first-order valence-corrected chi connectivity index (χ1v) is 19.2. The van der Waals surface area contributed by atoms with Gasteiger partial charge in [0.15, 0.2) is 11.5 Å². The molecule has 4 amide bonds. The molecule has 1 saturated carbocycles. The topological polar surface area (TPSA) is 181 Å². The highest BCUT2D eigenvalue weighted by molar-refractivity contribution is 7.90. The summed E-state index contributed by atoms with van der Waals surface area (Å²) in [6.07, 6.45) is 2.51. The Bertz CT molecular complexity index is 1890. The highest BCUT2D eigenvalue weighted by atomic mass is 32.2. The molecular formula is C38H47N5O9S. The van der Waals surface area contributed by atoms with Crippen molar-refractivity contribution in [2.45, 2.75) is 69.3 Å². The molecule has 2 heterocycles. The lowest BCUT2D eigenvalue weighted by atomic mass is 10.0. The zero-order valence-corrected chi connectivity index (χ0v) is 31.0. The van der Waals surface area contributed by atoms with E-state index in [1.54, 1.807) is 36.4 Å². The molecule has 15 heteroatoms. The van der Waals surface area contributed by atoms with E-state index in [2.05, 4.69) is 21.3 Å². The van der Waals surface area contributed by atoms with E-state index in [0.717, 1.165) is 5.56 Å². The zero-order valence-electron chi connectivity index (χ0n) is 30.2. The number of nitrogens with one attached hydrogen (secondary N) is 4. The largest absolute Gasteiger partial charge is 0.496 e. The second-order valence-corrected chi connectivity index (χ2v) is 15.3. The van der Waals surface area contributed by atoms with Gasteiger partial charge in [-0.05, 0) is 81.3 Å². The van der Waals surface area contributed by atoms with E-state index >= 15 is 0 Å². The minimum Gasteiger partial charge on any atom is -0.496 e. The molecule has 4 N–H and O–H groups in total. The number of methoxy groups -OCH3 is 2. The normalized spacial score (nSPS) is 20.1. The van der Waals surface area contributed by atoms with Gasteiger partial charge in [0, 0.05) is 36.8 Å². The SMILES string of the molecule is COc1cc2ccc1CNC(=O)[C@H](C)NC(=O)[C@H](CCc1ccccc1)NC(=O)CN(S(=O)(=O)C1CC1)CCCCNC(=O)c1ccc(OC)c(c1)O2. The summed E-state index contributed by atoms with van der Waals surface area (Å²) in [5.41, 5.74) is 1.91. The number of benzene rings is 3. The van der Waals surface area contributed by atoms with Crippen LogP contribution in [-0.2, 0) is 37.4 Å². The Morgan fingerprint density at radius 1 is 0.849 bits per heavy atom. The summed E-state index contributed by atoms with van der Waals surface area (Å²) in [5.74, 6) is -0.524. The van der Waals surface area contributed by atoms with Crippen molar-refractivity contribution in [2.24, 2.45) is 0 Å². The lowest BCUT2D eigenvalue weighted by molar-refractivity contribution is -0.132. The highest BCUT2D eigenvalue weighted by Gasteiger charge is 2.40. The summed E-state index contributed by atoms with van der Waals surface area (Å²) in [6.45, 7) is 1.46. The third-order valence-corrected chi connectivity index (χ3v) is 11.4. The first-order chi connectivity index (χ1) is 25.5. The van der Waals surface area contributed by atoms with Gasteiger partial charge in [0.25, 0.3) is 5.91 Å². The van der Waals surface area contributed by atoms with Gasteiger partial charge in [-0.1, -0.05) is 30.3 Å². The molecule has 3 aliphatic rings. The molecule has 3 aromatic rings. The molecule has 284 valence electrons. The van der Waals surface area contributed by atoms with Crippen molar-refractivity contribution >= 4 is 33.7 Å². The predicted molar refractivity (Wildman–Crippen MR) is 197 cm³/mol. The quantitative estimate of drug-likeness (QED) is 0.264. The van der Waals surface area contributed by atoms with Crippen molar-refractivity contribution in [1.29, 1.82) is 0 Å². The second kappa shape index (κ2) is 18.1. The second-order valence-electron chi connectivity index (χ2n) is 13.1. The molecule has 0 unspecified atom stereocenters. The van der Waals surface area contributed by atoms with Crippen LogP contribution in [0.15, 0.2) is 66.7 Å². The fraction of sp³-hybridized carbons (Fsp3) is 0.421. The van der Waals surface area contributed by atoms with Crippen molar-refractivity contribution in [3.05, 3.63) is 83.4 Å². The standard InChI is InChI=1S/C38H47N5O9S/c1-25-36(45)40-23-28-12-14-29(22-33(28)51-3)52-34-21-27(13-18-32(34)50-2)37(46)39-19-7-8-20-43(53(48,49)30-15-16-30)24-35(44)42-31(38(47)41-25)17-11-26-9-5-4-6-10-26/h4-6,9-10,12-14,18,21-22,25,30-31H,7-8,11,15-17,19-20,23-24H2,1-3H3,(H,39,46)(H,40,45)(H,41,47)(H,42,44)/t25-,31-/m0/s1. The molecule has 1 fully saturated rings. The van der Waals surface area contributed by atoms with E-state index in [0.29, 0.717) is 66.2 Å². The molecule has 0 aromatic heterocycles. The molecule has 2 aliphatic heterocycles. The summed E-state index contributed by atoms with van der Waals surface area (Å²) in [4.78, 5) is 53.3. The molecule has 0 spiro atoms. The molecule has 0 radical (unpaired) electrons. The van der Waals surface area contributed by atoms with E-state index in [-0.39, 0.29) is 32.0 Å². The van der Waals surface area contributed by atoms with Crippen LogP contribution >= 0.6 is 0 Å². The van der Waals surface area contributed by atoms with E-state index in [4.69, 9.17) is 14.2 Å². The number of sulfonamides is 1. The minimum atomic E-state index is -3.76. The maximum atomic E-state index is 13.6. The number of amides is 4. The van der Waals surface area contributed by atoms with Crippen LogP contribution in [0.2, 0.25) is 0 Å². The zero-order chi connectivity index (χ0) is 38.0. The first-order valence-electron chi connectivity index (χ1n) is 17.7. The Hall–Kier alpha value is -5.15. The van der Waals surface area contributed by atoms with Crippen LogP contribution in [0.25, 0.3) is 0 Å². The molecule has 1 aliphatic carbocycles. The van der Waals surface area contributed by atoms with Crippen molar-refractivity contribution in [2.75, 3.05) is 33.9 Å². The van der Waals surface area contributed by atoms with Crippen LogP contribution in [0.5, 0.6) is 23.0 Å². The van der Waals surface area contributed by atoms with Crippen LogP contribution in [0.1, 0.15) is 60.5 Å². The van der Waals surface area contributed by atoms with Crippen LogP contribution < -0.4 is 35.5 Å². The third-order valence-electron chi connectivity index (χ3n) is 9.08. The van der Waals surface area contributed by atoms with E-state index in [1.807, 2.05) is 30.3 Å². The molecule has 4 bridgehead atoms. The maximum Gasteiger partial charge on any atom is 0.251 e. The van der Waals surface area contributed by atoms with Gasteiger partial charge in [0.1, 0.15) is 23.6 Å². The van der Waals surface area contributed by atoms with Gasteiger partial charge >= 0.3 is 0 Å². The smallest absolute Gasteiger partial charge is 0.251 e. The summed E-state index contributed by atoms with van der Waals surface area (Å²) in [7, 11) is -0.785. The van der Waals surface area contributed by atoms with Gasteiger partial charge in [-0.3, -0.25) is 19.2 Å². The van der Waals surface area contributed by atoms with E-state index in [9.17, 15) is 27.6 Å². The molecule has 2 atom stereocenters. The molecule has 53 heavy (non-hydrogen) atoms.